The van der Waals surface area contributed by atoms with Gasteiger partial charge in [-0.15, -0.1) is 0 Å². The summed E-state index contributed by atoms with van der Waals surface area (Å²) in [5.41, 5.74) is 0.480. The van der Waals surface area contributed by atoms with E-state index in [9.17, 15) is 9.90 Å². The van der Waals surface area contributed by atoms with Crippen molar-refractivity contribution in [2.24, 2.45) is 0 Å². The Labute approximate surface area is 105 Å². The number of hydrogen-bond donors (Lipinski definition) is 1. The van der Waals surface area contributed by atoms with Crippen molar-refractivity contribution in [3.63, 3.8) is 0 Å². The van der Waals surface area contributed by atoms with E-state index in [0.29, 0.717) is 16.3 Å². The molecule has 0 aliphatic heterocycles. The van der Waals surface area contributed by atoms with E-state index in [1.54, 1.807) is 25.1 Å². The predicted molar refractivity (Wildman–Crippen MR) is 64.2 cm³/mol. The molecule has 1 N–H and O–H groups in total. The molecule has 0 amide bonds. The van der Waals surface area contributed by atoms with Crippen LogP contribution in [0.2, 0.25) is 5.02 Å². The van der Waals surface area contributed by atoms with Crippen LogP contribution in [0.4, 0.5) is 0 Å². The van der Waals surface area contributed by atoms with Crippen molar-refractivity contribution in [2.75, 3.05) is 13.7 Å². The Kier molecular flexibility index (Phi) is 5.25. The summed E-state index contributed by atoms with van der Waals surface area (Å²) in [4.78, 5) is 11.3. The Hall–Kier alpha value is -1.26. The van der Waals surface area contributed by atoms with Gasteiger partial charge in [-0.1, -0.05) is 11.6 Å². The average molecular weight is 259 g/mol. The van der Waals surface area contributed by atoms with Crippen LogP contribution < -0.4 is 4.74 Å². The number of rotatable bonds is 5. The zero-order valence-electron chi connectivity index (χ0n) is 9.77. The number of esters is 1. The third-order valence-corrected chi connectivity index (χ3v) is 2.45. The molecule has 0 radical (unpaired) electrons. The number of ether oxygens (including phenoxy) is 2. The molecule has 0 aliphatic rings. The SMILES string of the molecule is CCOC(=O)CC(O)c1cc(Cl)ccc1OC. The van der Waals surface area contributed by atoms with E-state index in [-0.39, 0.29) is 13.0 Å². The topological polar surface area (TPSA) is 55.8 Å². The maximum absolute atomic E-state index is 11.3. The molecule has 1 unspecified atom stereocenters. The van der Waals surface area contributed by atoms with Crippen molar-refractivity contribution in [3.05, 3.63) is 28.8 Å². The van der Waals surface area contributed by atoms with Crippen LogP contribution in [0.15, 0.2) is 18.2 Å². The number of aliphatic hydroxyl groups is 1. The fourth-order valence-corrected chi connectivity index (χ4v) is 1.63. The van der Waals surface area contributed by atoms with E-state index in [1.807, 2.05) is 0 Å². The Morgan fingerprint density at radius 1 is 1.53 bits per heavy atom. The minimum absolute atomic E-state index is 0.120. The van der Waals surface area contributed by atoms with Crippen LogP contribution in [0.1, 0.15) is 25.0 Å². The van der Waals surface area contributed by atoms with E-state index >= 15 is 0 Å². The largest absolute Gasteiger partial charge is 0.496 e. The van der Waals surface area contributed by atoms with Gasteiger partial charge in [0.1, 0.15) is 5.75 Å². The summed E-state index contributed by atoms with van der Waals surface area (Å²) in [6.45, 7) is 2.00. The Morgan fingerprint density at radius 3 is 2.82 bits per heavy atom. The minimum Gasteiger partial charge on any atom is -0.496 e. The highest BCUT2D eigenvalue weighted by molar-refractivity contribution is 6.30. The molecule has 1 aromatic carbocycles. The second kappa shape index (κ2) is 6.47. The van der Waals surface area contributed by atoms with E-state index in [0.717, 1.165) is 0 Å². The molecule has 0 aromatic heterocycles. The maximum Gasteiger partial charge on any atom is 0.308 e. The molecular formula is C12H15ClO4. The molecule has 0 bridgehead atoms. The summed E-state index contributed by atoms with van der Waals surface area (Å²) < 4.78 is 9.86. The lowest BCUT2D eigenvalue weighted by atomic mass is 10.1. The summed E-state index contributed by atoms with van der Waals surface area (Å²) in [5.74, 6) is 0.0354. The molecule has 5 heteroatoms. The lowest BCUT2D eigenvalue weighted by Crippen LogP contribution is -2.10. The fourth-order valence-electron chi connectivity index (χ4n) is 1.45. The summed E-state index contributed by atoms with van der Waals surface area (Å²) in [6, 6.07) is 4.87. The van der Waals surface area contributed by atoms with Crippen molar-refractivity contribution in [1.82, 2.24) is 0 Å². The quantitative estimate of drug-likeness (QED) is 0.824. The molecule has 0 saturated carbocycles. The van der Waals surface area contributed by atoms with Gasteiger partial charge in [0.2, 0.25) is 0 Å². The highest BCUT2D eigenvalue weighted by Gasteiger charge is 2.18. The van der Waals surface area contributed by atoms with Gasteiger partial charge in [-0.3, -0.25) is 4.79 Å². The molecule has 17 heavy (non-hydrogen) atoms. The van der Waals surface area contributed by atoms with Gasteiger partial charge < -0.3 is 14.6 Å². The highest BCUT2D eigenvalue weighted by Crippen LogP contribution is 2.30. The van der Waals surface area contributed by atoms with Crippen molar-refractivity contribution in [2.45, 2.75) is 19.4 Å². The Bertz CT molecular complexity index is 392. The molecule has 0 fully saturated rings. The molecule has 1 rings (SSSR count). The number of halogens is 1. The Balaban J connectivity index is 2.83. The van der Waals surface area contributed by atoms with E-state index in [2.05, 4.69) is 0 Å². The van der Waals surface area contributed by atoms with Gasteiger partial charge in [-0.05, 0) is 25.1 Å². The smallest absolute Gasteiger partial charge is 0.308 e. The standard InChI is InChI=1S/C12H15ClO4/c1-3-17-12(15)7-10(14)9-6-8(13)4-5-11(9)16-2/h4-6,10,14H,3,7H2,1-2H3. The van der Waals surface area contributed by atoms with Gasteiger partial charge in [-0.25, -0.2) is 0 Å². The van der Waals surface area contributed by atoms with Gasteiger partial charge in [0.05, 0.1) is 26.2 Å². The van der Waals surface area contributed by atoms with Crippen molar-refractivity contribution in [3.8, 4) is 5.75 Å². The summed E-state index contributed by atoms with van der Waals surface area (Å²) in [5, 5.41) is 10.4. The molecule has 1 atom stereocenters. The zero-order chi connectivity index (χ0) is 12.8. The van der Waals surface area contributed by atoms with Crippen LogP contribution in [-0.2, 0) is 9.53 Å². The minimum atomic E-state index is -0.984. The number of carbonyl (C=O) groups excluding carboxylic acids is 1. The van der Waals surface area contributed by atoms with Gasteiger partial charge in [0, 0.05) is 10.6 Å². The molecule has 1 aromatic rings. The van der Waals surface area contributed by atoms with Crippen LogP contribution in [0.3, 0.4) is 0 Å². The third kappa shape index (κ3) is 3.91. The molecule has 0 saturated heterocycles. The van der Waals surface area contributed by atoms with Gasteiger partial charge in [0.15, 0.2) is 0 Å². The maximum atomic E-state index is 11.3. The number of hydrogen-bond acceptors (Lipinski definition) is 4. The lowest BCUT2D eigenvalue weighted by Gasteiger charge is -2.14. The number of benzene rings is 1. The molecule has 4 nitrogen and oxygen atoms in total. The molecule has 0 aliphatic carbocycles. The fraction of sp³-hybridized carbons (Fsp3) is 0.417. The van der Waals surface area contributed by atoms with Crippen LogP contribution in [-0.4, -0.2) is 24.8 Å². The first-order valence-electron chi connectivity index (χ1n) is 5.25. The van der Waals surface area contributed by atoms with E-state index in [1.165, 1.54) is 7.11 Å². The first-order chi connectivity index (χ1) is 8.08. The molecular weight excluding hydrogens is 244 g/mol. The van der Waals surface area contributed by atoms with Gasteiger partial charge in [0.25, 0.3) is 0 Å². The first-order valence-corrected chi connectivity index (χ1v) is 5.63. The normalized spacial score (nSPS) is 12.0. The Morgan fingerprint density at radius 2 is 2.24 bits per heavy atom. The summed E-state index contributed by atoms with van der Waals surface area (Å²) in [6.07, 6.45) is -1.10. The zero-order valence-corrected chi connectivity index (χ0v) is 10.5. The second-order valence-electron chi connectivity index (χ2n) is 3.41. The molecule has 0 heterocycles. The average Bonchev–Trinajstić information content (AvgIpc) is 2.29. The lowest BCUT2D eigenvalue weighted by molar-refractivity contribution is -0.145. The highest BCUT2D eigenvalue weighted by atomic mass is 35.5. The number of methoxy groups -OCH3 is 1. The van der Waals surface area contributed by atoms with Crippen molar-refractivity contribution in [1.29, 1.82) is 0 Å². The van der Waals surface area contributed by atoms with Gasteiger partial charge in [-0.2, -0.15) is 0 Å². The van der Waals surface area contributed by atoms with Gasteiger partial charge >= 0.3 is 5.97 Å². The second-order valence-corrected chi connectivity index (χ2v) is 3.85. The third-order valence-electron chi connectivity index (χ3n) is 2.22. The molecule has 94 valence electrons. The first kappa shape index (κ1) is 13.8. The van der Waals surface area contributed by atoms with E-state index < -0.39 is 12.1 Å². The van der Waals surface area contributed by atoms with E-state index in [4.69, 9.17) is 21.1 Å². The van der Waals surface area contributed by atoms with Crippen LogP contribution in [0.25, 0.3) is 0 Å². The van der Waals surface area contributed by atoms with Crippen molar-refractivity contribution < 1.29 is 19.4 Å². The van der Waals surface area contributed by atoms with Crippen LogP contribution in [0, 0.1) is 0 Å². The monoisotopic (exact) mass is 258 g/mol. The summed E-state index contributed by atoms with van der Waals surface area (Å²) in [7, 11) is 1.49. The van der Waals surface area contributed by atoms with Crippen LogP contribution >= 0.6 is 11.6 Å². The number of aliphatic hydroxyl groups excluding tert-OH is 1. The predicted octanol–water partition coefficient (Wildman–Crippen LogP) is 2.34. The van der Waals surface area contributed by atoms with Crippen molar-refractivity contribution >= 4 is 17.6 Å². The molecule has 0 spiro atoms. The summed E-state index contributed by atoms with van der Waals surface area (Å²) >= 11 is 5.83. The number of carbonyl (C=O) groups is 1. The van der Waals surface area contributed by atoms with Crippen LogP contribution in [0.5, 0.6) is 5.75 Å².